The second kappa shape index (κ2) is 3.04. The number of aromatic nitrogens is 3. The predicted molar refractivity (Wildman–Crippen MR) is 68.9 cm³/mol. The molecule has 0 aliphatic carbocycles. The summed E-state index contributed by atoms with van der Waals surface area (Å²) in [5.41, 5.74) is 3.09. The summed E-state index contributed by atoms with van der Waals surface area (Å²) in [5.74, 6) is 0. The smallest absolute Gasteiger partial charge is 0.0932 e. The molecule has 4 aromatic rings. The Morgan fingerprint density at radius 1 is 0.882 bits per heavy atom. The fourth-order valence-corrected chi connectivity index (χ4v) is 2.36. The van der Waals surface area contributed by atoms with Gasteiger partial charge < -0.3 is 4.98 Å². The third kappa shape index (κ3) is 1.11. The first-order valence-electron chi connectivity index (χ1n) is 5.53. The maximum Gasteiger partial charge on any atom is 0.0932 e. The van der Waals surface area contributed by atoms with Crippen molar-refractivity contribution in [1.82, 2.24) is 15.0 Å². The minimum atomic E-state index is 0.994. The zero-order valence-corrected chi connectivity index (χ0v) is 9.01. The molecule has 0 saturated carbocycles. The van der Waals surface area contributed by atoms with Gasteiger partial charge in [-0.05, 0) is 12.1 Å². The van der Waals surface area contributed by atoms with Crippen molar-refractivity contribution in [3.8, 4) is 0 Å². The molecule has 2 heterocycles. The minimum Gasteiger partial charge on any atom is -0.344 e. The summed E-state index contributed by atoms with van der Waals surface area (Å²) >= 11 is 0. The first-order valence-corrected chi connectivity index (χ1v) is 5.53. The van der Waals surface area contributed by atoms with E-state index in [9.17, 15) is 0 Å². The lowest BCUT2D eigenvalue weighted by Gasteiger charge is -2.03. The number of benzene rings is 2. The van der Waals surface area contributed by atoms with Crippen LogP contribution in [0.3, 0.4) is 0 Å². The van der Waals surface area contributed by atoms with Gasteiger partial charge in [-0.2, -0.15) is 0 Å². The lowest BCUT2D eigenvalue weighted by molar-refractivity contribution is 1.35. The van der Waals surface area contributed by atoms with Crippen LogP contribution in [0, 0.1) is 0 Å². The van der Waals surface area contributed by atoms with Crippen molar-refractivity contribution in [1.29, 1.82) is 0 Å². The number of nitrogens with zero attached hydrogens (tertiary/aromatic N) is 2. The molecule has 17 heavy (non-hydrogen) atoms. The van der Waals surface area contributed by atoms with Gasteiger partial charge in [-0.1, -0.05) is 24.3 Å². The molecule has 80 valence electrons. The van der Waals surface area contributed by atoms with Gasteiger partial charge in [0.25, 0.3) is 0 Å². The molecule has 0 aliphatic rings. The quantitative estimate of drug-likeness (QED) is 0.461. The topological polar surface area (TPSA) is 41.6 Å². The molecule has 3 nitrogen and oxygen atoms in total. The van der Waals surface area contributed by atoms with Crippen molar-refractivity contribution < 1.29 is 0 Å². The molecule has 1 N–H and O–H groups in total. The van der Waals surface area contributed by atoms with E-state index < -0.39 is 0 Å². The molecule has 0 aliphatic heterocycles. The number of nitrogens with one attached hydrogen (secondary N) is 1. The number of fused-ring (bicyclic) bond motifs is 5. The number of rotatable bonds is 0. The highest BCUT2D eigenvalue weighted by atomic mass is 14.9. The van der Waals surface area contributed by atoms with Gasteiger partial charge in [0, 0.05) is 22.4 Å². The van der Waals surface area contributed by atoms with Gasteiger partial charge in [0.2, 0.25) is 0 Å². The first-order chi connectivity index (χ1) is 8.43. The number of pyridine rings is 1. The fourth-order valence-electron chi connectivity index (χ4n) is 2.36. The molecule has 0 bridgehead atoms. The van der Waals surface area contributed by atoms with Gasteiger partial charge in [0.05, 0.1) is 22.9 Å². The van der Waals surface area contributed by atoms with Crippen molar-refractivity contribution in [2.75, 3.05) is 0 Å². The molecule has 0 spiro atoms. The van der Waals surface area contributed by atoms with Gasteiger partial charge in [-0.25, -0.2) is 4.98 Å². The molecule has 0 fully saturated rings. The van der Waals surface area contributed by atoms with E-state index in [1.807, 2.05) is 30.5 Å². The number of H-pyrrole nitrogens is 1. The number of para-hydroxylation sites is 1. The van der Waals surface area contributed by atoms with Crippen LogP contribution in [0.15, 0.2) is 48.9 Å². The molecule has 0 unspecified atom stereocenters. The Kier molecular flexibility index (Phi) is 1.56. The maximum atomic E-state index is 4.47. The molecule has 4 rings (SSSR count). The SMILES string of the molecule is c1ccc2c(c1)ncc1ccc3nc[nH]c3c12. The molecule has 0 saturated heterocycles. The van der Waals surface area contributed by atoms with Crippen molar-refractivity contribution in [2.45, 2.75) is 0 Å². The number of hydrogen-bond acceptors (Lipinski definition) is 2. The standard InChI is InChI=1S/C14H9N3/c1-2-4-11-10(3-1)13-9(7-15-11)5-6-12-14(13)17-8-16-12/h1-8H,(H,16,17). The molecule has 0 radical (unpaired) electrons. The molecule has 0 amide bonds. The molecule has 3 heteroatoms. The van der Waals surface area contributed by atoms with Crippen molar-refractivity contribution in [2.24, 2.45) is 0 Å². The highest BCUT2D eigenvalue weighted by Gasteiger charge is 2.06. The maximum absolute atomic E-state index is 4.47. The summed E-state index contributed by atoms with van der Waals surface area (Å²) < 4.78 is 0. The van der Waals surface area contributed by atoms with E-state index in [1.165, 1.54) is 10.8 Å². The van der Waals surface area contributed by atoms with Gasteiger partial charge in [0.1, 0.15) is 0 Å². The van der Waals surface area contributed by atoms with Crippen LogP contribution in [0.2, 0.25) is 0 Å². The highest BCUT2D eigenvalue weighted by molar-refractivity contribution is 6.17. The third-order valence-corrected chi connectivity index (χ3v) is 3.14. The minimum absolute atomic E-state index is 0.994. The van der Waals surface area contributed by atoms with Gasteiger partial charge in [0.15, 0.2) is 0 Å². The van der Waals surface area contributed by atoms with Crippen LogP contribution >= 0.6 is 0 Å². The lowest BCUT2D eigenvalue weighted by atomic mass is 10.1. The average molecular weight is 219 g/mol. The van der Waals surface area contributed by atoms with Crippen LogP contribution in [0.4, 0.5) is 0 Å². The van der Waals surface area contributed by atoms with Crippen LogP contribution in [-0.4, -0.2) is 15.0 Å². The van der Waals surface area contributed by atoms with Gasteiger partial charge in [-0.3, -0.25) is 4.98 Å². The summed E-state index contributed by atoms with van der Waals surface area (Å²) in [5, 5.41) is 3.51. The Morgan fingerprint density at radius 2 is 1.82 bits per heavy atom. The Bertz CT molecular complexity index is 846. The van der Waals surface area contributed by atoms with E-state index >= 15 is 0 Å². The largest absolute Gasteiger partial charge is 0.344 e. The van der Waals surface area contributed by atoms with Crippen LogP contribution in [0.5, 0.6) is 0 Å². The second-order valence-electron chi connectivity index (χ2n) is 4.10. The number of imidazole rings is 1. The lowest BCUT2D eigenvalue weighted by Crippen LogP contribution is -1.83. The zero-order chi connectivity index (χ0) is 11.2. The van der Waals surface area contributed by atoms with E-state index in [0.717, 1.165) is 21.9 Å². The third-order valence-electron chi connectivity index (χ3n) is 3.14. The van der Waals surface area contributed by atoms with Crippen LogP contribution in [-0.2, 0) is 0 Å². The van der Waals surface area contributed by atoms with Crippen LogP contribution < -0.4 is 0 Å². The Labute approximate surface area is 97.1 Å². The number of hydrogen-bond donors (Lipinski definition) is 1. The van der Waals surface area contributed by atoms with Crippen molar-refractivity contribution in [3.05, 3.63) is 48.9 Å². The normalized spacial score (nSPS) is 11.5. The average Bonchev–Trinajstić information content (AvgIpc) is 2.86. The fraction of sp³-hybridized carbons (Fsp3) is 0. The number of aromatic amines is 1. The van der Waals surface area contributed by atoms with Crippen molar-refractivity contribution in [3.63, 3.8) is 0 Å². The molecule has 2 aromatic heterocycles. The summed E-state index contributed by atoms with van der Waals surface area (Å²) in [4.78, 5) is 12.0. The monoisotopic (exact) mass is 219 g/mol. The van der Waals surface area contributed by atoms with E-state index in [4.69, 9.17) is 0 Å². The Hall–Kier alpha value is -2.42. The van der Waals surface area contributed by atoms with Crippen LogP contribution in [0.1, 0.15) is 0 Å². The summed E-state index contributed by atoms with van der Waals surface area (Å²) in [6.45, 7) is 0. The first kappa shape index (κ1) is 8.70. The molecular formula is C14H9N3. The molecule has 0 atom stereocenters. The zero-order valence-electron chi connectivity index (χ0n) is 9.01. The Morgan fingerprint density at radius 3 is 2.82 bits per heavy atom. The van der Waals surface area contributed by atoms with E-state index in [2.05, 4.69) is 27.1 Å². The summed E-state index contributed by atoms with van der Waals surface area (Å²) in [6.07, 6.45) is 3.65. The van der Waals surface area contributed by atoms with E-state index in [-0.39, 0.29) is 0 Å². The highest BCUT2D eigenvalue weighted by Crippen LogP contribution is 2.28. The summed E-state index contributed by atoms with van der Waals surface area (Å²) in [6, 6.07) is 12.3. The Balaban J connectivity index is 2.41. The van der Waals surface area contributed by atoms with Crippen molar-refractivity contribution >= 4 is 32.7 Å². The van der Waals surface area contributed by atoms with Gasteiger partial charge >= 0.3 is 0 Å². The van der Waals surface area contributed by atoms with E-state index in [0.29, 0.717) is 0 Å². The van der Waals surface area contributed by atoms with Crippen LogP contribution in [0.25, 0.3) is 32.7 Å². The summed E-state index contributed by atoms with van der Waals surface area (Å²) in [7, 11) is 0. The van der Waals surface area contributed by atoms with E-state index in [1.54, 1.807) is 6.33 Å². The second-order valence-corrected chi connectivity index (χ2v) is 4.10. The van der Waals surface area contributed by atoms with Gasteiger partial charge in [-0.15, -0.1) is 0 Å². The molecule has 2 aromatic carbocycles. The predicted octanol–water partition coefficient (Wildman–Crippen LogP) is 3.26. The molecular weight excluding hydrogens is 210 g/mol.